The smallest absolute Gasteiger partial charge is 0.252 e. The Balaban J connectivity index is 1.39. The molecule has 0 spiro atoms. The van der Waals surface area contributed by atoms with Crippen LogP contribution in [0.15, 0.2) is 54.9 Å². The summed E-state index contributed by atoms with van der Waals surface area (Å²) in [4.78, 5) is 22.1. The first-order chi connectivity index (χ1) is 13.8. The van der Waals surface area contributed by atoms with Gasteiger partial charge in [0.25, 0.3) is 5.91 Å². The highest BCUT2D eigenvalue weighted by Gasteiger charge is 2.31. The summed E-state index contributed by atoms with van der Waals surface area (Å²) >= 11 is 0. The molecule has 0 radical (unpaired) electrons. The van der Waals surface area contributed by atoms with Gasteiger partial charge < -0.3 is 10.1 Å². The minimum atomic E-state index is -0.0317. The van der Waals surface area contributed by atoms with Crippen molar-refractivity contribution in [2.24, 2.45) is 5.92 Å². The molecule has 1 N–H and O–H groups in total. The van der Waals surface area contributed by atoms with Crippen molar-refractivity contribution in [1.82, 2.24) is 15.3 Å². The van der Waals surface area contributed by atoms with E-state index in [-0.39, 0.29) is 17.9 Å². The van der Waals surface area contributed by atoms with Gasteiger partial charge in [-0.3, -0.25) is 14.8 Å². The second-order valence-corrected chi connectivity index (χ2v) is 7.82. The lowest BCUT2D eigenvalue weighted by molar-refractivity contribution is 0.0926. The fourth-order valence-corrected chi connectivity index (χ4v) is 4.00. The maximum absolute atomic E-state index is 13.2. The molecule has 28 heavy (non-hydrogen) atoms. The van der Waals surface area contributed by atoms with Crippen molar-refractivity contribution in [3.8, 4) is 0 Å². The lowest BCUT2D eigenvalue weighted by Gasteiger charge is -2.20. The molecule has 1 aromatic carbocycles. The Morgan fingerprint density at radius 2 is 1.93 bits per heavy atom. The predicted octanol–water partition coefficient (Wildman–Crippen LogP) is 3.49. The van der Waals surface area contributed by atoms with Crippen molar-refractivity contribution in [2.75, 3.05) is 13.2 Å². The van der Waals surface area contributed by atoms with E-state index in [2.05, 4.69) is 10.3 Å². The van der Waals surface area contributed by atoms with Gasteiger partial charge in [-0.05, 0) is 49.1 Å². The summed E-state index contributed by atoms with van der Waals surface area (Å²) in [6.45, 7) is 1.22. The van der Waals surface area contributed by atoms with Gasteiger partial charge in [0.2, 0.25) is 0 Å². The van der Waals surface area contributed by atoms with Gasteiger partial charge in [-0.15, -0.1) is 0 Å². The topological polar surface area (TPSA) is 64.1 Å². The average Bonchev–Trinajstić information content (AvgIpc) is 3.50. The SMILES string of the molecule is O=C(N[C@@H]1COC[C@H]1Cc1ccncc1)c1cc(C2CC2)nc2ccccc12. The number of carbonyl (C=O) groups is 1. The molecule has 0 unspecified atom stereocenters. The Hall–Kier alpha value is -2.79. The summed E-state index contributed by atoms with van der Waals surface area (Å²) in [6, 6.07) is 14.0. The highest BCUT2D eigenvalue weighted by atomic mass is 16.5. The van der Waals surface area contributed by atoms with Crippen LogP contribution in [-0.4, -0.2) is 35.1 Å². The van der Waals surface area contributed by atoms with Crippen molar-refractivity contribution in [3.63, 3.8) is 0 Å². The number of aromatic nitrogens is 2. The largest absolute Gasteiger partial charge is 0.379 e. The number of pyridine rings is 2. The molecule has 3 heterocycles. The van der Waals surface area contributed by atoms with Crippen molar-refractivity contribution < 1.29 is 9.53 Å². The van der Waals surface area contributed by atoms with Crippen LogP contribution in [-0.2, 0) is 11.2 Å². The van der Waals surface area contributed by atoms with Crippen LogP contribution >= 0.6 is 0 Å². The van der Waals surface area contributed by atoms with E-state index in [0.29, 0.717) is 19.1 Å². The molecule has 2 atom stereocenters. The maximum atomic E-state index is 13.2. The Morgan fingerprint density at radius 1 is 1.11 bits per heavy atom. The zero-order chi connectivity index (χ0) is 18.9. The van der Waals surface area contributed by atoms with Crippen molar-refractivity contribution in [1.29, 1.82) is 0 Å². The highest BCUT2D eigenvalue weighted by Crippen LogP contribution is 2.40. The highest BCUT2D eigenvalue weighted by molar-refractivity contribution is 6.06. The Morgan fingerprint density at radius 3 is 2.75 bits per heavy atom. The number of fused-ring (bicyclic) bond motifs is 1. The summed E-state index contributed by atoms with van der Waals surface area (Å²) < 4.78 is 5.70. The zero-order valence-electron chi connectivity index (χ0n) is 15.7. The number of carbonyl (C=O) groups excluding carboxylic acids is 1. The Kier molecular flexibility index (Phi) is 4.53. The van der Waals surface area contributed by atoms with Gasteiger partial charge in [0.15, 0.2) is 0 Å². The van der Waals surface area contributed by atoms with Crippen LogP contribution < -0.4 is 5.32 Å². The molecule has 2 aliphatic rings. The molecule has 142 valence electrons. The number of hydrogen-bond acceptors (Lipinski definition) is 4. The second kappa shape index (κ2) is 7.32. The summed E-state index contributed by atoms with van der Waals surface area (Å²) in [7, 11) is 0. The van der Waals surface area contributed by atoms with E-state index in [4.69, 9.17) is 9.72 Å². The molecule has 0 bridgehead atoms. The van der Waals surface area contributed by atoms with Crippen molar-refractivity contribution in [2.45, 2.75) is 31.2 Å². The third kappa shape index (κ3) is 3.50. The molecule has 5 rings (SSSR count). The van der Waals surface area contributed by atoms with Crippen molar-refractivity contribution in [3.05, 3.63) is 71.7 Å². The summed E-state index contributed by atoms with van der Waals surface area (Å²) in [5.74, 6) is 0.739. The lowest BCUT2D eigenvalue weighted by Crippen LogP contribution is -2.40. The van der Waals surface area contributed by atoms with Crippen LogP contribution in [0, 0.1) is 5.92 Å². The average molecular weight is 373 g/mol. The summed E-state index contributed by atoms with van der Waals surface area (Å²) in [6.07, 6.45) is 6.81. The minimum absolute atomic E-state index is 0.0111. The molecule has 1 saturated heterocycles. The van der Waals surface area contributed by atoms with Gasteiger partial charge in [-0.2, -0.15) is 0 Å². The van der Waals surface area contributed by atoms with E-state index in [9.17, 15) is 4.79 Å². The number of amides is 1. The quantitative estimate of drug-likeness (QED) is 0.744. The molecule has 5 heteroatoms. The van der Waals surface area contributed by atoms with Gasteiger partial charge in [0.1, 0.15) is 0 Å². The first-order valence-corrected chi connectivity index (χ1v) is 9.95. The number of hydrogen-bond donors (Lipinski definition) is 1. The Bertz CT molecular complexity index is 1000. The normalized spacial score (nSPS) is 21.7. The third-order valence-electron chi connectivity index (χ3n) is 5.74. The minimum Gasteiger partial charge on any atom is -0.379 e. The van der Waals surface area contributed by atoms with Crippen LogP contribution in [0.5, 0.6) is 0 Å². The van der Waals surface area contributed by atoms with Gasteiger partial charge in [0.05, 0.1) is 30.3 Å². The van der Waals surface area contributed by atoms with E-state index in [0.717, 1.165) is 41.4 Å². The van der Waals surface area contributed by atoms with Crippen LogP contribution in [0.25, 0.3) is 10.9 Å². The van der Waals surface area contributed by atoms with Crippen LogP contribution in [0.1, 0.15) is 40.4 Å². The van der Waals surface area contributed by atoms with Crippen LogP contribution in [0.3, 0.4) is 0 Å². The molecular formula is C23H23N3O2. The van der Waals surface area contributed by atoms with Crippen LogP contribution in [0.4, 0.5) is 0 Å². The monoisotopic (exact) mass is 373 g/mol. The number of nitrogens with zero attached hydrogens (tertiary/aromatic N) is 2. The van der Waals surface area contributed by atoms with Crippen LogP contribution in [0.2, 0.25) is 0 Å². The molecular weight excluding hydrogens is 350 g/mol. The fourth-order valence-electron chi connectivity index (χ4n) is 4.00. The number of rotatable bonds is 5. The molecule has 2 fully saturated rings. The van der Waals surface area contributed by atoms with E-state index in [1.165, 1.54) is 5.56 Å². The third-order valence-corrected chi connectivity index (χ3v) is 5.74. The van der Waals surface area contributed by atoms with Crippen molar-refractivity contribution >= 4 is 16.8 Å². The standard InChI is InChI=1S/C23H23N3O2/c27-23(26-22-14-28-13-17(22)11-15-7-9-24-10-8-15)19-12-21(16-5-6-16)25-20-4-2-1-3-18(19)20/h1-4,7-10,12,16-17,22H,5-6,11,13-14H2,(H,26,27)/t17-,22-/m1/s1. The number of para-hydroxylation sites is 1. The van der Waals surface area contributed by atoms with E-state index in [1.807, 2.05) is 42.5 Å². The Labute approximate surface area is 164 Å². The molecule has 1 saturated carbocycles. The number of ether oxygens (including phenoxy) is 1. The molecule has 1 aliphatic heterocycles. The second-order valence-electron chi connectivity index (χ2n) is 7.82. The van der Waals surface area contributed by atoms with Gasteiger partial charge >= 0.3 is 0 Å². The van der Waals surface area contributed by atoms with E-state index in [1.54, 1.807) is 12.4 Å². The lowest BCUT2D eigenvalue weighted by atomic mass is 9.95. The number of benzene rings is 1. The molecule has 1 amide bonds. The first-order valence-electron chi connectivity index (χ1n) is 9.95. The maximum Gasteiger partial charge on any atom is 0.252 e. The zero-order valence-corrected chi connectivity index (χ0v) is 15.7. The molecule has 3 aromatic rings. The summed E-state index contributed by atoms with van der Waals surface area (Å²) in [5.41, 5.74) is 3.88. The molecule has 5 nitrogen and oxygen atoms in total. The fraction of sp³-hybridized carbons (Fsp3) is 0.348. The molecule has 1 aliphatic carbocycles. The van der Waals surface area contributed by atoms with Gasteiger partial charge in [-0.25, -0.2) is 0 Å². The summed E-state index contributed by atoms with van der Waals surface area (Å²) in [5, 5.41) is 4.15. The van der Waals surface area contributed by atoms with Gasteiger partial charge in [-0.1, -0.05) is 18.2 Å². The first kappa shape index (κ1) is 17.3. The number of nitrogens with one attached hydrogen (secondary N) is 1. The predicted molar refractivity (Wildman–Crippen MR) is 107 cm³/mol. The van der Waals surface area contributed by atoms with E-state index >= 15 is 0 Å². The molecule has 2 aromatic heterocycles. The van der Waals surface area contributed by atoms with E-state index < -0.39 is 0 Å². The van der Waals surface area contributed by atoms with Gasteiger partial charge in [0, 0.05) is 35.3 Å².